The molecule has 0 aromatic heterocycles. The number of halogens is 3. The molecule has 2 rings (SSSR count). The van der Waals surface area contributed by atoms with Crippen LogP contribution in [0.4, 0.5) is 13.2 Å². The molecule has 0 spiro atoms. The van der Waals surface area contributed by atoms with Crippen molar-refractivity contribution < 1.29 is 17.9 Å². The smallest absolute Gasteiger partial charge is 0.384 e. The van der Waals surface area contributed by atoms with Gasteiger partial charge in [0.15, 0.2) is 5.96 Å². The Labute approximate surface area is 134 Å². The Morgan fingerprint density at radius 1 is 1.35 bits per heavy atom. The summed E-state index contributed by atoms with van der Waals surface area (Å²) >= 11 is 0. The fourth-order valence-electron chi connectivity index (χ4n) is 2.72. The zero-order valence-electron chi connectivity index (χ0n) is 13.4. The van der Waals surface area contributed by atoms with Gasteiger partial charge in [0.1, 0.15) is 0 Å². The number of nitrogens with zero attached hydrogens (tertiary/aromatic N) is 2. The van der Waals surface area contributed by atoms with E-state index in [1.54, 1.807) is 14.2 Å². The minimum absolute atomic E-state index is 0.441. The molecule has 0 amide bonds. The first-order chi connectivity index (χ1) is 10.9. The molecule has 1 unspecified atom stereocenters. The van der Waals surface area contributed by atoms with Crippen molar-refractivity contribution in [1.82, 2.24) is 10.2 Å². The van der Waals surface area contributed by atoms with Crippen molar-refractivity contribution >= 4 is 5.96 Å². The fraction of sp³-hybridized carbons (Fsp3) is 0.562. The lowest BCUT2D eigenvalue weighted by Crippen LogP contribution is -2.39. The Morgan fingerprint density at radius 3 is 2.61 bits per heavy atom. The molecule has 1 saturated heterocycles. The Bertz CT molecular complexity index is 528. The summed E-state index contributed by atoms with van der Waals surface area (Å²) in [5.74, 6) is 1.26. The van der Waals surface area contributed by atoms with Gasteiger partial charge in [-0.2, -0.15) is 13.2 Å². The first-order valence-electron chi connectivity index (χ1n) is 7.54. The second kappa shape index (κ2) is 7.68. The molecule has 1 aliphatic heterocycles. The minimum Gasteiger partial charge on any atom is -0.384 e. The number of hydrogen-bond acceptors (Lipinski definition) is 2. The summed E-state index contributed by atoms with van der Waals surface area (Å²) in [5, 5.41) is 3.20. The predicted molar refractivity (Wildman–Crippen MR) is 83.2 cm³/mol. The number of nitrogens with one attached hydrogen (secondary N) is 1. The van der Waals surface area contributed by atoms with Crippen LogP contribution in [0.2, 0.25) is 0 Å². The number of likely N-dealkylation sites (tertiary alicyclic amines) is 1. The molecule has 0 radical (unpaired) electrons. The summed E-state index contributed by atoms with van der Waals surface area (Å²) < 4.78 is 42.8. The van der Waals surface area contributed by atoms with E-state index in [0.717, 1.165) is 49.8 Å². The number of aliphatic imine (C=N–C) groups is 1. The van der Waals surface area contributed by atoms with E-state index in [1.807, 2.05) is 0 Å². The SMILES string of the molecule is CN=C(NCc1ccc(C(F)(F)F)cc1)N1CCC(COC)C1. The average molecular weight is 329 g/mol. The highest BCUT2D eigenvalue weighted by Gasteiger charge is 2.30. The Morgan fingerprint density at radius 2 is 2.04 bits per heavy atom. The van der Waals surface area contributed by atoms with Crippen LogP contribution in [0.25, 0.3) is 0 Å². The summed E-state index contributed by atoms with van der Waals surface area (Å²) in [6.07, 6.45) is -3.25. The highest BCUT2D eigenvalue weighted by molar-refractivity contribution is 5.80. The summed E-state index contributed by atoms with van der Waals surface area (Å²) in [7, 11) is 3.40. The first kappa shape index (κ1) is 17.6. The van der Waals surface area contributed by atoms with Gasteiger partial charge in [0, 0.05) is 39.7 Å². The number of guanidine groups is 1. The number of hydrogen-bond donors (Lipinski definition) is 1. The molecule has 0 aliphatic carbocycles. The van der Waals surface area contributed by atoms with Crippen molar-refractivity contribution in [3.8, 4) is 0 Å². The van der Waals surface area contributed by atoms with Crippen LogP contribution >= 0.6 is 0 Å². The van der Waals surface area contributed by atoms with Gasteiger partial charge < -0.3 is 15.0 Å². The highest BCUT2D eigenvalue weighted by Crippen LogP contribution is 2.29. The Balaban J connectivity index is 1.89. The van der Waals surface area contributed by atoms with E-state index in [4.69, 9.17) is 4.74 Å². The Hall–Kier alpha value is -1.76. The van der Waals surface area contributed by atoms with Gasteiger partial charge in [-0.3, -0.25) is 4.99 Å². The summed E-state index contributed by atoms with van der Waals surface area (Å²) in [6.45, 7) is 2.95. The number of methoxy groups -OCH3 is 1. The van der Waals surface area contributed by atoms with Crippen LogP contribution in [-0.2, 0) is 17.5 Å². The standard InChI is InChI=1S/C16H22F3N3O/c1-20-15(22-8-7-13(10-22)11-23-2)21-9-12-3-5-14(6-4-12)16(17,18)19/h3-6,13H,7-11H2,1-2H3,(H,20,21). The molecular formula is C16H22F3N3O. The third kappa shape index (κ3) is 4.86. The molecule has 4 nitrogen and oxygen atoms in total. The molecule has 1 N–H and O–H groups in total. The van der Waals surface area contributed by atoms with Crippen LogP contribution in [0.3, 0.4) is 0 Å². The van der Waals surface area contributed by atoms with Crippen LogP contribution in [0.15, 0.2) is 29.3 Å². The van der Waals surface area contributed by atoms with Crippen LogP contribution < -0.4 is 5.32 Å². The van der Waals surface area contributed by atoms with E-state index in [9.17, 15) is 13.2 Å². The molecule has 0 saturated carbocycles. The van der Waals surface area contributed by atoms with Gasteiger partial charge in [-0.1, -0.05) is 12.1 Å². The van der Waals surface area contributed by atoms with Gasteiger partial charge >= 0.3 is 6.18 Å². The van der Waals surface area contributed by atoms with E-state index in [0.29, 0.717) is 12.5 Å². The van der Waals surface area contributed by atoms with Crippen molar-refractivity contribution in [2.45, 2.75) is 19.1 Å². The van der Waals surface area contributed by atoms with Crippen molar-refractivity contribution in [1.29, 1.82) is 0 Å². The Kier molecular flexibility index (Phi) is 5.87. The van der Waals surface area contributed by atoms with Gasteiger partial charge in [-0.25, -0.2) is 0 Å². The molecule has 0 bridgehead atoms. The van der Waals surface area contributed by atoms with Gasteiger partial charge in [0.2, 0.25) is 0 Å². The van der Waals surface area contributed by atoms with E-state index in [2.05, 4.69) is 15.2 Å². The van der Waals surface area contributed by atoms with E-state index >= 15 is 0 Å². The molecule has 23 heavy (non-hydrogen) atoms. The molecule has 1 atom stereocenters. The van der Waals surface area contributed by atoms with Crippen LogP contribution in [0, 0.1) is 5.92 Å². The zero-order valence-corrected chi connectivity index (χ0v) is 13.4. The largest absolute Gasteiger partial charge is 0.416 e. The predicted octanol–water partition coefficient (Wildman–Crippen LogP) is 2.75. The second-order valence-corrected chi connectivity index (χ2v) is 5.65. The lowest BCUT2D eigenvalue weighted by atomic mass is 10.1. The lowest BCUT2D eigenvalue weighted by Gasteiger charge is -2.21. The molecule has 7 heteroatoms. The van der Waals surface area contributed by atoms with Gasteiger partial charge in [0.25, 0.3) is 0 Å². The molecule has 1 heterocycles. The van der Waals surface area contributed by atoms with Crippen LogP contribution in [0.1, 0.15) is 17.5 Å². The zero-order chi connectivity index (χ0) is 16.9. The third-order valence-corrected chi connectivity index (χ3v) is 3.93. The third-order valence-electron chi connectivity index (χ3n) is 3.93. The van der Waals surface area contributed by atoms with Crippen LogP contribution in [-0.4, -0.2) is 44.7 Å². The molecule has 1 aliphatic rings. The van der Waals surface area contributed by atoms with E-state index < -0.39 is 11.7 Å². The number of alkyl halides is 3. The molecule has 128 valence electrons. The van der Waals surface area contributed by atoms with Gasteiger partial charge in [0.05, 0.1) is 12.2 Å². The lowest BCUT2D eigenvalue weighted by molar-refractivity contribution is -0.137. The van der Waals surface area contributed by atoms with Crippen molar-refractivity contribution in [2.24, 2.45) is 10.9 Å². The van der Waals surface area contributed by atoms with Crippen molar-refractivity contribution in [3.05, 3.63) is 35.4 Å². The summed E-state index contributed by atoms with van der Waals surface area (Å²) in [6, 6.07) is 5.18. The van der Waals surface area contributed by atoms with Crippen LogP contribution in [0.5, 0.6) is 0 Å². The second-order valence-electron chi connectivity index (χ2n) is 5.65. The van der Waals surface area contributed by atoms with Gasteiger partial charge in [-0.15, -0.1) is 0 Å². The molecule has 1 fully saturated rings. The normalized spacial score (nSPS) is 19.3. The maximum atomic E-state index is 12.5. The maximum absolute atomic E-state index is 12.5. The number of ether oxygens (including phenoxy) is 1. The quantitative estimate of drug-likeness (QED) is 0.682. The molecule has 1 aromatic rings. The van der Waals surface area contributed by atoms with Crippen molar-refractivity contribution in [3.63, 3.8) is 0 Å². The minimum atomic E-state index is -4.30. The highest BCUT2D eigenvalue weighted by atomic mass is 19.4. The number of benzene rings is 1. The fourth-order valence-corrected chi connectivity index (χ4v) is 2.72. The average Bonchev–Trinajstić information content (AvgIpc) is 2.96. The maximum Gasteiger partial charge on any atom is 0.416 e. The number of rotatable bonds is 4. The van der Waals surface area contributed by atoms with E-state index in [-0.39, 0.29) is 0 Å². The van der Waals surface area contributed by atoms with Crippen molar-refractivity contribution in [2.75, 3.05) is 33.9 Å². The monoisotopic (exact) mass is 329 g/mol. The molecular weight excluding hydrogens is 307 g/mol. The topological polar surface area (TPSA) is 36.9 Å². The van der Waals surface area contributed by atoms with Gasteiger partial charge in [-0.05, 0) is 24.1 Å². The summed E-state index contributed by atoms with van der Waals surface area (Å²) in [4.78, 5) is 6.39. The van der Waals surface area contributed by atoms with E-state index in [1.165, 1.54) is 12.1 Å². The molecule has 1 aromatic carbocycles. The first-order valence-corrected chi connectivity index (χ1v) is 7.54. The summed E-state index contributed by atoms with van der Waals surface area (Å²) in [5.41, 5.74) is 0.152.